The minimum atomic E-state index is -3.44. The molecule has 2 saturated heterocycles. The molecule has 2 aliphatic rings. The number of carbonyl (C=O) groups excluding carboxylic acids is 1. The van der Waals surface area contributed by atoms with Crippen molar-refractivity contribution in [2.75, 3.05) is 37.6 Å². The molecule has 0 unspecified atom stereocenters. The number of anilines is 1. The van der Waals surface area contributed by atoms with Crippen LogP contribution in [0, 0.1) is 5.92 Å². The zero-order chi connectivity index (χ0) is 18.6. The lowest BCUT2D eigenvalue weighted by atomic mass is 9.96. The molecule has 1 aromatic heterocycles. The summed E-state index contributed by atoms with van der Waals surface area (Å²) in [6.07, 6.45) is 5.99. The Kier molecular flexibility index (Phi) is 6.13. The topological polar surface area (TPSA) is 82.6 Å². The Morgan fingerprint density at radius 2 is 1.85 bits per heavy atom. The number of nitrogens with one attached hydrogen (secondary N) is 1. The van der Waals surface area contributed by atoms with E-state index >= 15 is 0 Å². The Morgan fingerprint density at radius 3 is 2.42 bits per heavy atom. The van der Waals surface area contributed by atoms with Crippen LogP contribution in [0.5, 0.6) is 0 Å². The number of sulfonamides is 1. The molecule has 0 bridgehead atoms. The van der Waals surface area contributed by atoms with E-state index < -0.39 is 10.0 Å². The van der Waals surface area contributed by atoms with Crippen LogP contribution in [-0.2, 0) is 14.8 Å². The maximum Gasteiger partial charge on any atom is 0.244 e. The van der Waals surface area contributed by atoms with Crippen molar-refractivity contribution in [3.63, 3.8) is 0 Å². The van der Waals surface area contributed by atoms with Crippen molar-refractivity contribution >= 4 is 21.7 Å². The first-order chi connectivity index (χ1) is 12.5. The van der Waals surface area contributed by atoms with E-state index in [1.165, 1.54) is 6.20 Å². The van der Waals surface area contributed by atoms with E-state index in [1.54, 1.807) is 16.4 Å². The molecule has 0 aromatic carbocycles. The average Bonchev–Trinajstić information content (AvgIpc) is 2.69. The summed E-state index contributed by atoms with van der Waals surface area (Å²) in [7, 11) is -3.44. The van der Waals surface area contributed by atoms with Gasteiger partial charge in [0.15, 0.2) is 0 Å². The third kappa shape index (κ3) is 4.17. The molecule has 0 aliphatic carbocycles. The minimum Gasteiger partial charge on any atom is -0.357 e. The zero-order valence-corrected chi connectivity index (χ0v) is 16.2. The summed E-state index contributed by atoms with van der Waals surface area (Å²) in [4.78, 5) is 18.7. The Morgan fingerprint density at radius 1 is 1.15 bits per heavy atom. The molecule has 144 valence electrons. The lowest BCUT2D eigenvalue weighted by Gasteiger charge is -2.32. The van der Waals surface area contributed by atoms with Crippen LogP contribution in [0.2, 0.25) is 0 Å². The minimum absolute atomic E-state index is 0.0601. The molecule has 26 heavy (non-hydrogen) atoms. The van der Waals surface area contributed by atoms with Gasteiger partial charge in [0.05, 0.1) is 0 Å². The van der Waals surface area contributed by atoms with Gasteiger partial charge in [-0.15, -0.1) is 0 Å². The first-order valence-corrected chi connectivity index (χ1v) is 10.9. The average molecular weight is 381 g/mol. The van der Waals surface area contributed by atoms with Gasteiger partial charge in [0.2, 0.25) is 15.9 Å². The van der Waals surface area contributed by atoms with Gasteiger partial charge in [-0.1, -0.05) is 6.42 Å². The highest BCUT2D eigenvalue weighted by atomic mass is 32.2. The van der Waals surface area contributed by atoms with Crippen molar-refractivity contribution in [1.29, 1.82) is 0 Å². The van der Waals surface area contributed by atoms with Gasteiger partial charge in [-0.2, -0.15) is 4.31 Å². The second-order valence-corrected chi connectivity index (χ2v) is 8.91. The van der Waals surface area contributed by atoms with Crippen molar-refractivity contribution < 1.29 is 13.2 Å². The van der Waals surface area contributed by atoms with Crippen LogP contribution in [0.1, 0.15) is 39.0 Å². The van der Waals surface area contributed by atoms with Crippen molar-refractivity contribution in [3.8, 4) is 0 Å². The van der Waals surface area contributed by atoms with Crippen molar-refractivity contribution in [2.45, 2.75) is 43.9 Å². The molecule has 1 N–H and O–H groups in total. The van der Waals surface area contributed by atoms with E-state index in [0.29, 0.717) is 19.6 Å². The zero-order valence-electron chi connectivity index (χ0n) is 15.4. The predicted molar refractivity (Wildman–Crippen MR) is 100 cm³/mol. The molecule has 2 fully saturated rings. The van der Waals surface area contributed by atoms with Gasteiger partial charge in [0.25, 0.3) is 0 Å². The van der Waals surface area contributed by atoms with Gasteiger partial charge in [-0.25, -0.2) is 13.4 Å². The van der Waals surface area contributed by atoms with Crippen LogP contribution < -0.4 is 10.2 Å². The highest BCUT2D eigenvalue weighted by Gasteiger charge is 2.28. The van der Waals surface area contributed by atoms with Gasteiger partial charge < -0.3 is 10.2 Å². The largest absolute Gasteiger partial charge is 0.357 e. The Labute approximate surface area is 155 Å². The van der Waals surface area contributed by atoms with Crippen LogP contribution in [0.25, 0.3) is 0 Å². The molecule has 8 heteroatoms. The third-order valence-corrected chi connectivity index (χ3v) is 7.10. The maximum absolute atomic E-state index is 12.7. The highest BCUT2D eigenvalue weighted by Crippen LogP contribution is 2.24. The van der Waals surface area contributed by atoms with Crippen molar-refractivity contribution in [2.24, 2.45) is 5.92 Å². The van der Waals surface area contributed by atoms with Crippen LogP contribution in [0.4, 0.5) is 5.82 Å². The Bertz CT molecular complexity index is 706. The normalized spacial score (nSPS) is 20.1. The SMILES string of the molecule is CCNC(=O)C1CCN(c2ccc(S(=O)(=O)N3CCCCC3)cn2)CC1. The summed E-state index contributed by atoms with van der Waals surface area (Å²) >= 11 is 0. The number of carbonyl (C=O) groups is 1. The van der Waals surface area contributed by atoms with Gasteiger partial charge in [0, 0.05) is 44.8 Å². The first-order valence-electron chi connectivity index (χ1n) is 9.51. The fourth-order valence-corrected chi connectivity index (χ4v) is 5.12. The quantitative estimate of drug-likeness (QED) is 0.839. The van der Waals surface area contributed by atoms with E-state index in [-0.39, 0.29) is 16.7 Å². The van der Waals surface area contributed by atoms with Crippen LogP contribution >= 0.6 is 0 Å². The van der Waals surface area contributed by atoms with Gasteiger partial charge in [-0.3, -0.25) is 4.79 Å². The van der Waals surface area contributed by atoms with E-state index in [9.17, 15) is 13.2 Å². The molecule has 0 spiro atoms. The fraction of sp³-hybridized carbons (Fsp3) is 0.667. The number of nitrogens with zero attached hydrogens (tertiary/aromatic N) is 3. The second kappa shape index (κ2) is 8.35. The monoisotopic (exact) mass is 380 g/mol. The molecule has 3 rings (SSSR count). The van der Waals surface area contributed by atoms with E-state index in [4.69, 9.17) is 0 Å². The van der Waals surface area contributed by atoms with Gasteiger partial charge in [-0.05, 0) is 44.7 Å². The first kappa shape index (κ1) is 19.1. The number of amides is 1. The number of pyridine rings is 1. The molecule has 0 radical (unpaired) electrons. The summed E-state index contributed by atoms with van der Waals surface area (Å²) in [6.45, 7) is 5.29. The van der Waals surface area contributed by atoms with Crippen molar-refractivity contribution in [1.82, 2.24) is 14.6 Å². The summed E-state index contributed by atoms with van der Waals surface area (Å²) < 4.78 is 26.9. The summed E-state index contributed by atoms with van der Waals surface area (Å²) in [5, 5.41) is 2.88. The number of piperidine rings is 2. The third-order valence-electron chi connectivity index (χ3n) is 5.21. The van der Waals surface area contributed by atoms with E-state index in [2.05, 4.69) is 15.2 Å². The van der Waals surface area contributed by atoms with Crippen LogP contribution in [0.3, 0.4) is 0 Å². The summed E-state index contributed by atoms with van der Waals surface area (Å²) in [5.41, 5.74) is 0. The molecule has 2 aliphatic heterocycles. The van der Waals surface area contributed by atoms with Crippen LogP contribution in [0.15, 0.2) is 23.2 Å². The number of aromatic nitrogens is 1. The summed E-state index contributed by atoms with van der Waals surface area (Å²) in [5.74, 6) is 0.963. The smallest absolute Gasteiger partial charge is 0.244 e. The second-order valence-electron chi connectivity index (χ2n) is 6.97. The molecule has 1 aromatic rings. The standard InChI is InChI=1S/C18H28N4O3S/c1-2-19-18(23)15-8-12-21(13-9-15)17-7-6-16(14-20-17)26(24,25)22-10-4-3-5-11-22/h6-7,14-15H,2-5,8-13H2,1H3,(H,19,23). The molecule has 0 saturated carbocycles. The van der Waals surface area contributed by atoms with Crippen LogP contribution in [-0.4, -0.2) is 56.3 Å². The Hall–Kier alpha value is -1.67. The molecule has 1 amide bonds. The van der Waals surface area contributed by atoms with Gasteiger partial charge >= 0.3 is 0 Å². The predicted octanol–water partition coefficient (Wildman–Crippen LogP) is 1.61. The molecular formula is C18H28N4O3S. The number of hydrogen-bond donors (Lipinski definition) is 1. The number of hydrogen-bond acceptors (Lipinski definition) is 5. The number of rotatable bonds is 5. The highest BCUT2D eigenvalue weighted by molar-refractivity contribution is 7.89. The maximum atomic E-state index is 12.7. The van der Waals surface area contributed by atoms with Crippen molar-refractivity contribution in [3.05, 3.63) is 18.3 Å². The van der Waals surface area contributed by atoms with Gasteiger partial charge in [0.1, 0.15) is 10.7 Å². The van der Waals surface area contributed by atoms with E-state index in [0.717, 1.165) is 51.0 Å². The molecular weight excluding hydrogens is 352 g/mol. The Balaban J connectivity index is 1.62. The lowest BCUT2D eigenvalue weighted by molar-refractivity contribution is -0.125. The van der Waals surface area contributed by atoms with E-state index in [1.807, 2.05) is 6.92 Å². The molecule has 3 heterocycles. The molecule has 7 nitrogen and oxygen atoms in total. The summed E-state index contributed by atoms with van der Waals surface area (Å²) in [6, 6.07) is 3.44. The lowest BCUT2D eigenvalue weighted by Crippen LogP contribution is -2.40. The molecule has 0 atom stereocenters. The fourth-order valence-electron chi connectivity index (χ4n) is 3.66.